The number of rotatable bonds is 5. The van der Waals surface area contributed by atoms with Crippen molar-refractivity contribution < 1.29 is 5.21 Å². The summed E-state index contributed by atoms with van der Waals surface area (Å²) >= 11 is 0. The zero-order chi connectivity index (χ0) is 12.8. The van der Waals surface area contributed by atoms with Crippen LogP contribution in [0.3, 0.4) is 0 Å². The number of aromatic nitrogens is 1. The van der Waals surface area contributed by atoms with Gasteiger partial charge in [-0.1, -0.05) is 12.1 Å². The summed E-state index contributed by atoms with van der Waals surface area (Å²) in [7, 11) is 0. The molecule has 0 aliphatic heterocycles. The number of pyridine rings is 1. The summed E-state index contributed by atoms with van der Waals surface area (Å²) in [5.41, 5.74) is 6.33. The molecule has 0 amide bonds. The molecule has 0 bridgehead atoms. The van der Waals surface area contributed by atoms with Crippen LogP contribution < -0.4 is 10.6 Å². The second-order valence-corrected chi connectivity index (χ2v) is 3.90. The van der Waals surface area contributed by atoms with Crippen LogP contribution in [0.15, 0.2) is 23.5 Å². The Labute approximate surface area is 102 Å². The Morgan fingerprint density at radius 2 is 2.29 bits per heavy atom. The highest BCUT2D eigenvalue weighted by molar-refractivity contribution is 6.01. The average molecular weight is 236 g/mol. The van der Waals surface area contributed by atoms with Crippen molar-refractivity contribution in [1.82, 2.24) is 4.98 Å². The van der Waals surface area contributed by atoms with Crippen molar-refractivity contribution in [3.05, 3.63) is 23.9 Å². The first-order valence-corrected chi connectivity index (χ1v) is 5.85. The van der Waals surface area contributed by atoms with Crippen LogP contribution in [-0.4, -0.2) is 28.6 Å². The molecule has 1 unspecified atom stereocenters. The fourth-order valence-electron chi connectivity index (χ4n) is 1.77. The molecule has 3 N–H and O–H groups in total. The first kappa shape index (κ1) is 13.3. The summed E-state index contributed by atoms with van der Waals surface area (Å²) in [4.78, 5) is 6.49. The molecule has 1 rings (SSSR count). The second-order valence-electron chi connectivity index (χ2n) is 3.90. The summed E-state index contributed by atoms with van der Waals surface area (Å²) in [6, 6.07) is 3.95. The van der Waals surface area contributed by atoms with Gasteiger partial charge < -0.3 is 15.8 Å². The van der Waals surface area contributed by atoms with Crippen LogP contribution in [0, 0.1) is 0 Å². The molecule has 0 aromatic carbocycles. The van der Waals surface area contributed by atoms with Crippen molar-refractivity contribution in [3.8, 4) is 0 Å². The molecule has 5 heteroatoms. The summed E-state index contributed by atoms with van der Waals surface area (Å²) in [5.74, 6) is 0.856. The van der Waals surface area contributed by atoms with Crippen LogP contribution in [0.5, 0.6) is 0 Å². The second kappa shape index (κ2) is 6.08. The van der Waals surface area contributed by atoms with Crippen LogP contribution in [0.25, 0.3) is 0 Å². The van der Waals surface area contributed by atoms with Crippen LogP contribution in [0.4, 0.5) is 5.82 Å². The van der Waals surface area contributed by atoms with Crippen LogP contribution in [-0.2, 0) is 0 Å². The molecule has 0 aliphatic rings. The summed E-state index contributed by atoms with van der Waals surface area (Å²) in [6.45, 7) is 7.16. The van der Waals surface area contributed by atoms with Crippen LogP contribution >= 0.6 is 0 Å². The van der Waals surface area contributed by atoms with Crippen molar-refractivity contribution in [2.24, 2.45) is 10.9 Å². The van der Waals surface area contributed by atoms with Gasteiger partial charge in [0, 0.05) is 18.8 Å². The fourth-order valence-corrected chi connectivity index (χ4v) is 1.77. The van der Waals surface area contributed by atoms with Crippen molar-refractivity contribution in [3.63, 3.8) is 0 Å². The fraction of sp³-hybridized carbons (Fsp3) is 0.500. The smallest absolute Gasteiger partial charge is 0.173 e. The standard InChI is InChI=1S/C12H20N4O/c1-4-9(3)16(5-2)12-10(11(13)15-17)7-6-8-14-12/h6-9,17H,4-5H2,1-3H3,(H2,13,15). The number of hydrogen-bond acceptors (Lipinski definition) is 4. The van der Waals surface area contributed by atoms with Crippen molar-refractivity contribution >= 4 is 11.7 Å². The van der Waals surface area contributed by atoms with Gasteiger partial charge in [0.1, 0.15) is 5.82 Å². The maximum absolute atomic E-state index is 8.78. The summed E-state index contributed by atoms with van der Waals surface area (Å²) in [6.07, 6.45) is 2.73. The molecule has 1 heterocycles. The molecule has 0 fully saturated rings. The molecular formula is C12H20N4O. The van der Waals surface area contributed by atoms with E-state index < -0.39 is 0 Å². The van der Waals surface area contributed by atoms with Gasteiger partial charge in [0.25, 0.3) is 0 Å². The highest BCUT2D eigenvalue weighted by atomic mass is 16.4. The quantitative estimate of drug-likeness (QED) is 0.354. The van der Waals surface area contributed by atoms with E-state index in [0.29, 0.717) is 11.6 Å². The molecular weight excluding hydrogens is 216 g/mol. The average Bonchev–Trinajstić information content (AvgIpc) is 2.39. The third kappa shape index (κ3) is 2.87. The van der Waals surface area contributed by atoms with Crippen molar-refractivity contribution in [2.45, 2.75) is 33.2 Å². The third-order valence-electron chi connectivity index (χ3n) is 2.91. The van der Waals surface area contributed by atoms with E-state index >= 15 is 0 Å². The normalized spacial score (nSPS) is 13.5. The number of amidine groups is 1. The van der Waals surface area contributed by atoms with E-state index in [9.17, 15) is 0 Å². The lowest BCUT2D eigenvalue weighted by Gasteiger charge is -2.29. The molecule has 0 spiro atoms. The van der Waals surface area contributed by atoms with Gasteiger partial charge >= 0.3 is 0 Å². The molecule has 0 saturated carbocycles. The molecule has 0 saturated heterocycles. The Kier molecular flexibility index (Phi) is 4.75. The van der Waals surface area contributed by atoms with Gasteiger partial charge in [0.05, 0.1) is 5.56 Å². The summed E-state index contributed by atoms with van der Waals surface area (Å²) < 4.78 is 0. The minimum atomic E-state index is 0.0925. The molecule has 17 heavy (non-hydrogen) atoms. The third-order valence-corrected chi connectivity index (χ3v) is 2.91. The van der Waals surface area contributed by atoms with Gasteiger partial charge in [0.15, 0.2) is 5.84 Å². The molecule has 0 radical (unpaired) electrons. The maximum atomic E-state index is 8.78. The lowest BCUT2D eigenvalue weighted by molar-refractivity contribution is 0.318. The zero-order valence-corrected chi connectivity index (χ0v) is 10.6. The van der Waals surface area contributed by atoms with E-state index in [1.807, 2.05) is 6.07 Å². The molecule has 5 nitrogen and oxygen atoms in total. The Morgan fingerprint density at radius 1 is 1.59 bits per heavy atom. The lowest BCUT2D eigenvalue weighted by atomic mass is 10.1. The Hall–Kier alpha value is -1.78. The lowest BCUT2D eigenvalue weighted by Crippen LogP contribution is -2.35. The monoisotopic (exact) mass is 236 g/mol. The van der Waals surface area contributed by atoms with Gasteiger partial charge in [-0.15, -0.1) is 0 Å². The largest absolute Gasteiger partial charge is 0.409 e. The Bertz CT molecular complexity index is 392. The maximum Gasteiger partial charge on any atom is 0.173 e. The van der Waals surface area contributed by atoms with Gasteiger partial charge in [-0.3, -0.25) is 0 Å². The zero-order valence-electron chi connectivity index (χ0n) is 10.6. The highest BCUT2D eigenvalue weighted by Gasteiger charge is 2.17. The molecule has 0 aliphatic carbocycles. The molecule has 1 aromatic rings. The Balaban J connectivity index is 3.19. The van der Waals surface area contributed by atoms with Gasteiger partial charge in [-0.25, -0.2) is 4.98 Å². The number of oxime groups is 1. The van der Waals surface area contributed by atoms with Crippen molar-refractivity contribution in [1.29, 1.82) is 0 Å². The molecule has 94 valence electrons. The number of nitrogens with zero attached hydrogens (tertiary/aromatic N) is 3. The van der Waals surface area contributed by atoms with Crippen LogP contribution in [0.2, 0.25) is 0 Å². The minimum absolute atomic E-state index is 0.0925. The van der Waals surface area contributed by atoms with Gasteiger partial charge in [-0.2, -0.15) is 0 Å². The van der Waals surface area contributed by atoms with Crippen LogP contribution in [0.1, 0.15) is 32.8 Å². The van der Waals surface area contributed by atoms with Crippen molar-refractivity contribution in [2.75, 3.05) is 11.4 Å². The number of hydrogen-bond donors (Lipinski definition) is 2. The van der Waals surface area contributed by atoms with E-state index in [-0.39, 0.29) is 5.84 Å². The first-order valence-electron chi connectivity index (χ1n) is 5.85. The minimum Gasteiger partial charge on any atom is -0.409 e. The SMILES string of the molecule is CCC(C)N(CC)c1ncccc1/C(N)=N/O. The molecule has 1 atom stereocenters. The van der Waals surface area contributed by atoms with E-state index in [1.54, 1.807) is 12.3 Å². The van der Waals surface area contributed by atoms with E-state index in [2.05, 4.69) is 35.8 Å². The van der Waals surface area contributed by atoms with E-state index in [0.717, 1.165) is 18.8 Å². The van der Waals surface area contributed by atoms with Gasteiger partial charge in [-0.05, 0) is 32.4 Å². The Morgan fingerprint density at radius 3 is 2.82 bits per heavy atom. The first-order chi connectivity index (χ1) is 8.15. The van der Waals surface area contributed by atoms with Gasteiger partial charge in [0.2, 0.25) is 0 Å². The highest BCUT2D eigenvalue weighted by Crippen LogP contribution is 2.20. The summed E-state index contributed by atoms with van der Waals surface area (Å²) in [5, 5.41) is 11.8. The topological polar surface area (TPSA) is 74.7 Å². The van der Waals surface area contributed by atoms with E-state index in [4.69, 9.17) is 10.9 Å². The number of nitrogens with two attached hydrogens (primary N) is 1. The predicted octanol–water partition coefficient (Wildman–Crippen LogP) is 1.80. The van der Waals surface area contributed by atoms with E-state index in [1.165, 1.54) is 0 Å². The predicted molar refractivity (Wildman–Crippen MR) is 69.5 cm³/mol. The number of anilines is 1. The molecule has 1 aromatic heterocycles.